The molecule has 92 valence electrons. The number of para-hydroxylation sites is 1. The van der Waals surface area contributed by atoms with Crippen LogP contribution >= 0.6 is 23.4 Å². The quantitative estimate of drug-likeness (QED) is 0.734. The Balaban J connectivity index is 2.05. The van der Waals surface area contributed by atoms with Crippen LogP contribution in [0.3, 0.4) is 0 Å². The predicted octanol–water partition coefficient (Wildman–Crippen LogP) is 4.69. The highest BCUT2D eigenvalue weighted by Crippen LogP contribution is 2.48. The summed E-state index contributed by atoms with van der Waals surface area (Å²) in [4.78, 5) is 2.27. The highest BCUT2D eigenvalue weighted by Gasteiger charge is 2.19. The molecule has 4 heteroatoms. The molecule has 0 aliphatic carbocycles. The molecule has 0 unspecified atom stereocenters. The van der Waals surface area contributed by atoms with Crippen LogP contribution in [0, 0.1) is 0 Å². The van der Waals surface area contributed by atoms with Gasteiger partial charge >= 0.3 is 0 Å². The summed E-state index contributed by atoms with van der Waals surface area (Å²) in [6.07, 6.45) is 0. The Bertz CT molecular complexity index is 600. The topological polar surface area (TPSA) is 21.3 Å². The van der Waals surface area contributed by atoms with Crippen LogP contribution in [0.4, 0.5) is 11.4 Å². The number of methoxy groups -OCH3 is 1. The second-order valence-corrected chi connectivity index (χ2v) is 5.50. The van der Waals surface area contributed by atoms with E-state index in [0.717, 1.165) is 26.9 Å². The second kappa shape index (κ2) is 4.84. The minimum Gasteiger partial charge on any atom is -0.380 e. The highest BCUT2D eigenvalue weighted by atomic mass is 35.5. The molecule has 0 radical (unpaired) electrons. The first-order valence-electron chi connectivity index (χ1n) is 5.64. The number of hydrogen-bond donors (Lipinski definition) is 1. The van der Waals surface area contributed by atoms with Crippen LogP contribution in [0.15, 0.2) is 46.2 Å². The molecule has 0 saturated carbocycles. The lowest BCUT2D eigenvalue weighted by Crippen LogP contribution is -2.01. The van der Waals surface area contributed by atoms with Gasteiger partial charge in [-0.1, -0.05) is 41.6 Å². The van der Waals surface area contributed by atoms with Crippen LogP contribution in [0.2, 0.25) is 5.02 Å². The number of fused-ring (bicyclic) bond motifs is 2. The van der Waals surface area contributed by atoms with Crippen LogP contribution in [-0.4, -0.2) is 7.11 Å². The van der Waals surface area contributed by atoms with Crippen LogP contribution in [0.25, 0.3) is 0 Å². The first kappa shape index (κ1) is 11.9. The molecule has 0 saturated heterocycles. The van der Waals surface area contributed by atoms with E-state index in [4.69, 9.17) is 16.3 Å². The fourth-order valence-electron chi connectivity index (χ4n) is 1.98. The number of anilines is 2. The molecule has 2 aromatic carbocycles. The zero-order chi connectivity index (χ0) is 12.5. The molecule has 2 aromatic rings. The number of halogens is 1. The first-order chi connectivity index (χ1) is 8.79. The molecule has 0 bridgehead atoms. The third-order valence-corrected chi connectivity index (χ3v) is 4.59. The number of hydrogen-bond acceptors (Lipinski definition) is 3. The van der Waals surface area contributed by atoms with Gasteiger partial charge in [-0.3, -0.25) is 0 Å². The first-order valence-corrected chi connectivity index (χ1v) is 6.83. The zero-order valence-corrected chi connectivity index (χ0v) is 11.4. The van der Waals surface area contributed by atoms with Gasteiger partial charge in [0.25, 0.3) is 0 Å². The molecule has 18 heavy (non-hydrogen) atoms. The smallest absolute Gasteiger partial charge is 0.0728 e. The third-order valence-electron chi connectivity index (χ3n) is 2.85. The van der Waals surface area contributed by atoms with Crippen molar-refractivity contribution < 1.29 is 4.74 Å². The van der Waals surface area contributed by atoms with Crippen molar-refractivity contribution in [2.75, 3.05) is 12.4 Å². The minimum absolute atomic E-state index is 0.536. The number of rotatable bonds is 2. The van der Waals surface area contributed by atoms with Crippen LogP contribution in [0.5, 0.6) is 0 Å². The maximum absolute atomic E-state index is 6.43. The van der Waals surface area contributed by atoms with E-state index in [9.17, 15) is 0 Å². The molecule has 0 amide bonds. The summed E-state index contributed by atoms with van der Waals surface area (Å²) < 4.78 is 5.16. The van der Waals surface area contributed by atoms with Gasteiger partial charge in [-0.2, -0.15) is 0 Å². The van der Waals surface area contributed by atoms with Gasteiger partial charge in [-0.15, -0.1) is 0 Å². The molecule has 2 nitrogen and oxygen atoms in total. The van der Waals surface area contributed by atoms with Crippen LogP contribution < -0.4 is 5.32 Å². The Hall–Kier alpha value is -1.16. The standard InChI is InChI=1S/C14H12ClNOS/c1-17-8-9-6-7-11-14(13(9)15)18-12-5-3-2-4-10(12)16-11/h2-7,16H,8H2,1H3. The van der Waals surface area contributed by atoms with E-state index in [-0.39, 0.29) is 0 Å². The number of nitrogens with one attached hydrogen (secondary N) is 1. The Kier molecular flexibility index (Phi) is 3.20. The average molecular weight is 278 g/mol. The zero-order valence-electron chi connectivity index (χ0n) is 9.87. The van der Waals surface area contributed by atoms with E-state index in [0.29, 0.717) is 6.61 Å². The van der Waals surface area contributed by atoms with Gasteiger partial charge in [0.2, 0.25) is 0 Å². The van der Waals surface area contributed by atoms with Gasteiger partial charge in [0.1, 0.15) is 0 Å². The number of benzene rings is 2. The Labute approximate surface area is 115 Å². The van der Waals surface area contributed by atoms with Crippen molar-refractivity contribution in [3.63, 3.8) is 0 Å². The summed E-state index contributed by atoms with van der Waals surface area (Å²) in [7, 11) is 1.68. The average Bonchev–Trinajstić information content (AvgIpc) is 2.41. The largest absolute Gasteiger partial charge is 0.380 e. The third kappa shape index (κ3) is 1.99. The van der Waals surface area contributed by atoms with Crippen molar-refractivity contribution in [2.45, 2.75) is 16.4 Å². The summed E-state index contributed by atoms with van der Waals surface area (Å²) in [6, 6.07) is 12.3. The van der Waals surface area contributed by atoms with Gasteiger partial charge < -0.3 is 10.1 Å². The maximum atomic E-state index is 6.43. The van der Waals surface area contributed by atoms with Crippen molar-refractivity contribution in [2.24, 2.45) is 0 Å². The second-order valence-electron chi connectivity index (χ2n) is 4.07. The summed E-state index contributed by atoms with van der Waals surface area (Å²) in [5.41, 5.74) is 3.21. The van der Waals surface area contributed by atoms with Gasteiger partial charge in [0, 0.05) is 12.0 Å². The molecule has 1 aliphatic rings. The van der Waals surface area contributed by atoms with E-state index in [1.165, 1.54) is 4.90 Å². The Morgan fingerprint density at radius 3 is 2.83 bits per heavy atom. The van der Waals surface area contributed by atoms with E-state index in [2.05, 4.69) is 23.5 Å². The summed E-state index contributed by atoms with van der Waals surface area (Å²) in [5, 5.41) is 4.18. The lowest BCUT2D eigenvalue weighted by atomic mass is 10.2. The van der Waals surface area contributed by atoms with Gasteiger partial charge in [0.15, 0.2) is 0 Å². The summed E-state index contributed by atoms with van der Waals surface area (Å²) in [6.45, 7) is 0.536. The normalized spacial score (nSPS) is 12.6. The summed E-state index contributed by atoms with van der Waals surface area (Å²) >= 11 is 8.13. The summed E-state index contributed by atoms with van der Waals surface area (Å²) in [5.74, 6) is 0. The van der Waals surface area contributed by atoms with E-state index in [1.807, 2.05) is 18.2 Å². The van der Waals surface area contributed by atoms with Gasteiger partial charge in [0.05, 0.1) is 27.9 Å². The Morgan fingerprint density at radius 2 is 2.00 bits per heavy atom. The van der Waals surface area contributed by atoms with E-state index < -0.39 is 0 Å². The van der Waals surface area contributed by atoms with Crippen LogP contribution in [0.1, 0.15) is 5.56 Å². The lowest BCUT2D eigenvalue weighted by Gasteiger charge is -2.22. The van der Waals surface area contributed by atoms with E-state index in [1.54, 1.807) is 18.9 Å². The SMILES string of the molecule is COCc1ccc2c(c1Cl)Sc1ccccc1N2. The predicted molar refractivity (Wildman–Crippen MR) is 76.0 cm³/mol. The molecule has 3 rings (SSSR count). The van der Waals surface area contributed by atoms with Crippen molar-refractivity contribution in [3.05, 3.63) is 47.0 Å². The van der Waals surface area contributed by atoms with Crippen molar-refractivity contribution in [1.82, 2.24) is 0 Å². The fourth-order valence-corrected chi connectivity index (χ4v) is 3.36. The molecule has 1 heterocycles. The fraction of sp³-hybridized carbons (Fsp3) is 0.143. The monoisotopic (exact) mass is 277 g/mol. The van der Waals surface area contributed by atoms with Crippen molar-refractivity contribution in [3.8, 4) is 0 Å². The van der Waals surface area contributed by atoms with E-state index >= 15 is 0 Å². The Morgan fingerprint density at radius 1 is 1.17 bits per heavy atom. The minimum atomic E-state index is 0.536. The maximum Gasteiger partial charge on any atom is 0.0728 e. The molecule has 0 spiro atoms. The molecule has 1 aliphatic heterocycles. The van der Waals surface area contributed by atoms with Crippen LogP contribution in [-0.2, 0) is 11.3 Å². The molecular formula is C14H12ClNOS. The number of ether oxygens (including phenoxy) is 1. The van der Waals surface area contributed by atoms with Crippen molar-refractivity contribution in [1.29, 1.82) is 0 Å². The molecule has 0 aromatic heterocycles. The van der Waals surface area contributed by atoms with Crippen molar-refractivity contribution >= 4 is 34.7 Å². The molecule has 1 N–H and O–H groups in total. The van der Waals surface area contributed by atoms with Gasteiger partial charge in [-0.05, 0) is 23.8 Å². The molecular weight excluding hydrogens is 266 g/mol. The molecule has 0 fully saturated rings. The molecule has 0 atom stereocenters. The van der Waals surface area contributed by atoms with Gasteiger partial charge in [-0.25, -0.2) is 0 Å². The highest BCUT2D eigenvalue weighted by molar-refractivity contribution is 7.99. The lowest BCUT2D eigenvalue weighted by molar-refractivity contribution is 0.185.